The van der Waals surface area contributed by atoms with Gasteiger partial charge in [0.2, 0.25) is 0 Å². The molecule has 0 amide bonds. The van der Waals surface area contributed by atoms with Gasteiger partial charge in [-0.05, 0) is 137 Å². The van der Waals surface area contributed by atoms with Crippen LogP contribution in [0.3, 0.4) is 0 Å². The number of hydrogen-bond donors (Lipinski definition) is 0. The van der Waals surface area contributed by atoms with Crippen LogP contribution in [0.4, 0.5) is 34.1 Å². The van der Waals surface area contributed by atoms with E-state index in [-0.39, 0.29) is 0 Å². The van der Waals surface area contributed by atoms with Crippen molar-refractivity contribution in [2.75, 3.05) is 9.80 Å². The Hall–Kier alpha value is -9.38. The van der Waals surface area contributed by atoms with E-state index in [4.69, 9.17) is 0 Å². The van der Waals surface area contributed by atoms with E-state index in [1.165, 1.54) is 115 Å². The Kier molecular flexibility index (Phi) is 12.6. The predicted octanol–water partition coefficient (Wildman–Crippen LogP) is 23.2. The number of rotatable bonds is 14. The molecule has 4 aromatic heterocycles. The van der Waals surface area contributed by atoms with Gasteiger partial charge in [-0.1, -0.05) is 214 Å². The van der Waals surface area contributed by atoms with E-state index in [9.17, 15) is 0 Å². The van der Waals surface area contributed by atoms with Gasteiger partial charge in [0.05, 0.1) is 44.5 Å². The van der Waals surface area contributed by atoms with E-state index in [0.717, 1.165) is 39.7 Å². The van der Waals surface area contributed by atoms with Gasteiger partial charge in [0.15, 0.2) is 0 Å². The van der Waals surface area contributed by atoms with Crippen LogP contribution in [0.2, 0.25) is 0 Å². The lowest BCUT2D eigenvalue weighted by molar-refractivity contribution is 0.866. The van der Waals surface area contributed by atoms with E-state index in [0.29, 0.717) is 23.7 Å². The molecule has 4 nitrogen and oxygen atoms in total. The summed E-state index contributed by atoms with van der Waals surface area (Å²) in [6.45, 7) is 24.7. The molecule has 10 aromatic carbocycles. The summed E-state index contributed by atoms with van der Waals surface area (Å²) in [4.78, 5) is 4.98. The Labute approximate surface area is 487 Å². The van der Waals surface area contributed by atoms with Crippen molar-refractivity contribution in [1.29, 1.82) is 0 Å². The van der Waals surface area contributed by atoms with Gasteiger partial charge < -0.3 is 18.6 Å². The molecule has 0 unspecified atom stereocenters. The number of aromatic nitrogens is 2. The molecule has 406 valence electrons. The minimum atomic E-state index is 0.418. The normalized spacial score (nSPS) is 12.7. The van der Waals surface area contributed by atoms with Crippen LogP contribution in [-0.2, 0) is 0 Å². The highest BCUT2D eigenvalue weighted by atomic mass is 15.2. The Balaban J connectivity index is 1.17. The maximum atomic E-state index is 4.39. The van der Waals surface area contributed by atoms with Gasteiger partial charge in [-0.3, -0.25) is 0 Å². The van der Waals surface area contributed by atoms with Gasteiger partial charge in [0.25, 0.3) is 0 Å². The zero-order valence-electron chi connectivity index (χ0n) is 49.2. The summed E-state index contributed by atoms with van der Waals surface area (Å²) in [7, 11) is 0. The van der Waals surface area contributed by atoms with Crippen LogP contribution in [0.1, 0.15) is 114 Å². The van der Waals surface area contributed by atoms with Crippen LogP contribution < -0.4 is 9.80 Å². The average Bonchev–Trinajstić information content (AvgIpc) is 2.12. The molecular weight excluding hydrogens is 1000 g/mol. The lowest BCUT2D eigenvalue weighted by Gasteiger charge is -2.27. The van der Waals surface area contributed by atoms with Crippen molar-refractivity contribution in [3.63, 3.8) is 0 Å². The third-order valence-electron chi connectivity index (χ3n) is 17.8. The van der Waals surface area contributed by atoms with Crippen LogP contribution in [0.15, 0.2) is 231 Å². The molecule has 0 aliphatic rings. The maximum absolute atomic E-state index is 4.39. The number of para-hydroxylation sites is 2. The lowest BCUT2D eigenvalue weighted by atomic mass is 9.88. The third kappa shape index (κ3) is 8.01. The zero-order chi connectivity index (χ0) is 56.9. The molecule has 4 heteroatoms. The van der Waals surface area contributed by atoms with E-state index in [2.05, 4.69) is 306 Å². The molecule has 0 aliphatic heterocycles. The fourth-order valence-corrected chi connectivity index (χ4v) is 13.7. The van der Waals surface area contributed by atoms with Crippen molar-refractivity contribution < 1.29 is 0 Å². The third-order valence-corrected chi connectivity index (χ3v) is 17.8. The Morgan fingerprint density at radius 2 is 0.771 bits per heavy atom. The van der Waals surface area contributed by atoms with E-state index in [1.54, 1.807) is 0 Å². The van der Waals surface area contributed by atoms with Crippen molar-refractivity contribution in [2.24, 2.45) is 0 Å². The van der Waals surface area contributed by atoms with E-state index in [1.807, 2.05) is 6.08 Å². The average molecular weight is 1080 g/mol. The van der Waals surface area contributed by atoms with Crippen LogP contribution in [0.25, 0.3) is 92.9 Å². The monoisotopic (exact) mass is 1070 g/mol. The molecule has 0 atom stereocenters. The molecular formula is C79H70N4. The molecule has 0 aliphatic carbocycles. The van der Waals surface area contributed by atoms with Crippen LogP contribution >= 0.6 is 0 Å². The highest BCUT2D eigenvalue weighted by Crippen LogP contribution is 2.56. The molecule has 0 spiro atoms. The fraction of sp³-hybridized carbons (Fsp3) is 0.165. The summed E-state index contributed by atoms with van der Waals surface area (Å²) in [6.07, 6.45) is 8.67. The number of hydrogen-bond acceptors (Lipinski definition) is 2. The van der Waals surface area contributed by atoms with Gasteiger partial charge in [-0.2, -0.15) is 0 Å². The first-order chi connectivity index (χ1) is 40.5. The highest BCUT2D eigenvalue weighted by Gasteiger charge is 2.33. The van der Waals surface area contributed by atoms with Crippen molar-refractivity contribution >= 4 is 116 Å². The predicted molar refractivity (Wildman–Crippen MR) is 360 cm³/mol. The van der Waals surface area contributed by atoms with E-state index >= 15 is 0 Å². The molecule has 0 saturated carbocycles. The number of nitrogens with zero attached hydrogens (tertiary/aromatic N) is 4. The summed E-state index contributed by atoms with van der Waals surface area (Å²) in [5.41, 5.74) is 23.9. The van der Waals surface area contributed by atoms with Gasteiger partial charge in [0.1, 0.15) is 0 Å². The van der Waals surface area contributed by atoms with Gasteiger partial charge in [0, 0.05) is 77.0 Å². The first kappa shape index (κ1) is 51.7. The Morgan fingerprint density at radius 1 is 0.386 bits per heavy atom. The van der Waals surface area contributed by atoms with Gasteiger partial charge >= 0.3 is 0 Å². The molecule has 83 heavy (non-hydrogen) atoms. The summed E-state index contributed by atoms with van der Waals surface area (Å²) < 4.78 is 5.26. The smallest absolute Gasteiger partial charge is 0.0642 e. The Bertz CT molecular complexity index is 4620. The second-order valence-electron chi connectivity index (χ2n) is 24.0. The summed E-state index contributed by atoms with van der Waals surface area (Å²) in [5.74, 6) is 1.67. The largest absolute Gasteiger partial charge is 0.310 e. The number of anilines is 6. The van der Waals surface area contributed by atoms with Crippen LogP contribution in [0.5, 0.6) is 0 Å². The van der Waals surface area contributed by atoms with Crippen LogP contribution in [-0.4, -0.2) is 8.80 Å². The molecule has 0 radical (unpaired) electrons. The number of allylic oxidation sites excluding steroid dienone is 5. The second kappa shape index (κ2) is 20.3. The van der Waals surface area contributed by atoms with Crippen molar-refractivity contribution in [1.82, 2.24) is 8.80 Å². The summed E-state index contributed by atoms with van der Waals surface area (Å²) in [5, 5.41) is 9.75. The first-order valence-electron chi connectivity index (χ1n) is 29.9. The lowest BCUT2D eigenvalue weighted by Crippen LogP contribution is -2.10. The fourth-order valence-electron chi connectivity index (χ4n) is 13.7. The summed E-state index contributed by atoms with van der Waals surface area (Å²) in [6, 6.07) is 76.0. The number of fused-ring (bicyclic) bond motifs is 12. The minimum absolute atomic E-state index is 0.418. The van der Waals surface area contributed by atoms with E-state index < -0.39 is 0 Å². The molecule has 4 heterocycles. The van der Waals surface area contributed by atoms with Crippen LogP contribution in [0, 0.1) is 0 Å². The summed E-state index contributed by atoms with van der Waals surface area (Å²) >= 11 is 0. The highest BCUT2D eigenvalue weighted by molar-refractivity contribution is 6.38. The molecule has 14 aromatic rings. The first-order valence-corrected chi connectivity index (χ1v) is 29.9. The zero-order valence-corrected chi connectivity index (χ0v) is 49.2. The maximum Gasteiger partial charge on any atom is 0.0642 e. The standard InChI is InChI=1S/C79H70N4/c1-11-20-56(21-12-2)70-74-64-44-46-68(80(58-36-28-52(29-37-58)48(3)4)59-38-30-53(31-39-59)49(5)6)72-63-25-17-19-27-67(63)83(76(64)72)79(74)71(57-22-14-13-15-23-57)75-65-45-47-69(73-62-24-16-18-26-66(62)82(77(65)73)78(70)75)81(60-40-32-54(33-41-60)50(7)8)61-42-34-55(35-43-61)51(9)10/h11-51H,1H2,2-10H3/b21-12-,56-20+. The topological polar surface area (TPSA) is 15.3 Å². The van der Waals surface area contributed by atoms with Crippen molar-refractivity contribution in [3.05, 3.63) is 259 Å². The van der Waals surface area contributed by atoms with Crippen molar-refractivity contribution in [2.45, 2.75) is 86.0 Å². The quantitative estimate of drug-likeness (QED) is 0.101. The Morgan fingerprint density at radius 3 is 1.17 bits per heavy atom. The van der Waals surface area contributed by atoms with Gasteiger partial charge in [-0.25, -0.2) is 0 Å². The van der Waals surface area contributed by atoms with Gasteiger partial charge in [-0.15, -0.1) is 0 Å². The molecule has 14 rings (SSSR count). The molecule has 0 bridgehead atoms. The van der Waals surface area contributed by atoms with Crippen molar-refractivity contribution in [3.8, 4) is 11.1 Å². The SMILES string of the molecule is C=C/C=C(\C=C/C)c1c2c3ccc(N(c4ccc(C(C)C)cc4)c4ccc(C(C)C)cc4)c4c5ccccc5n(c2c(-c2ccccc2)c2c5ccc(N(c6ccc(C(C)C)cc6)c6ccc(C(C)C)cc6)c6c7ccccc7n(c12)c56)c34. The molecule has 0 fully saturated rings. The molecule has 0 saturated heterocycles. The molecule has 0 N–H and O–H groups in total. The minimum Gasteiger partial charge on any atom is -0.310 e. The second-order valence-corrected chi connectivity index (χ2v) is 24.0. The number of benzene rings is 10.